The number of carbonyl (C=O) groups excluding carboxylic acids is 2. The van der Waals surface area contributed by atoms with E-state index in [0.717, 1.165) is 0 Å². The van der Waals surface area contributed by atoms with Crippen molar-refractivity contribution in [2.24, 2.45) is 11.8 Å². The molecule has 1 aliphatic heterocycles. The molecule has 1 fully saturated rings. The molecule has 3 aromatic rings. The summed E-state index contributed by atoms with van der Waals surface area (Å²) in [7, 11) is 3.42. The fourth-order valence-corrected chi connectivity index (χ4v) is 6.09. The number of nitrogens with zero attached hydrogens (tertiary/aromatic N) is 2. The van der Waals surface area contributed by atoms with E-state index >= 15 is 0 Å². The molecule has 1 aliphatic rings. The Kier molecular flexibility index (Phi) is 9.75. The van der Waals surface area contributed by atoms with Gasteiger partial charge in [0, 0.05) is 42.0 Å². The maximum atomic E-state index is 14.9. The molecule has 9 heteroatoms. The van der Waals surface area contributed by atoms with E-state index in [1.165, 1.54) is 30.3 Å². The summed E-state index contributed by atoms with van der Waals surface area (Å²) < 4.78 is 14.9. The lowest BCUT2D eigenvalue weighted by Gasteiger charge is -2.43. The predicted molar refractivity (Wildman–Crippen MR) is 157 cm³/mol. The Hall–Kier alpha value is -4.08. The van der Waals surface area contributed by atoms with Crippen molar-refractivity contribution in [3.63, 3.8) is 0 Å². The number of piperidine rings is 1. The highest BCUT2D eigenvalue weighted by Gasteiger charge is 2.45. The Labute approximate surface area is 245 Å². The molecule has 8 nitrogen and oxygen atoms in total. The van der Waals surface area contributed by atoms with Gasteiger partial charge in [-0.15, -0.1) is 0 Å². The van der Waals surface area contributed by atoms with Crippen LogP contribution >= 0.6 is 0 Å². The number of benzene rings is 3. The van der Waals surface area contributed by atoms with Crippen LogP contribution in [0.15, 0.2) is 66.7 Å². The van der Waals surface area contributed by atoms with E-state index in [4.69, 9.17) is 0 Å². The number of halogens is 1. The number of aromatic hydroxyl groups is 2. The van der Waals surface area contributed by atoms with Gasteiger partial charge >= 0.3 is 5.97 Å². The molecule has 0 spiro atoms. The maximum absolute atomic E-state index is 14.9. The van der Waals surface area contributed by atoms with Gasteiger partial charge in [0.2, 0.25) is 0 Å². The molecule has 222 valence electrons. The van der Waals surface area contributed by atoms with Crippen molar-refractivity contribution in [2.45, 2.75) is 31.7 Å². The first-order chi connectivity index (χ1) is 20.0. The van der Waals surface area contributed by atoms with Crippen molar-refractivity contribution < 1.29 is 34.1 Å². The number of hydrogen-bond acceptors (Lipinski definition) is 7. The highest BCUT2D eigenvalue weighted by Crippen LogP contribution is 2.42. The van der Waals surface area contributed by atoms with E-state index < -0.39 is 35.6 Å². The molecule has 4 rings (SSSR count). The Morgan fingerprint density at radius 3 is 1.90 bits per heavy atom. The zero-order valence-corrected chi connectivity index (χ0v) is 24.0. The van der Waals surface area contributed by atoms with Crippen LogP contribution in [-0.4, -0.2) is 82.4 Å². The molecule has 0 amide bonds. The third-order valence-corrected chi connectivity index (χ3v) is 8.24. The monoisotopic (exact) mass is 576 g/mol. The molecule has 3 aromatic carbocycles. The molecular formula is C33H37FN2O6. The molecule has 1 saturated heterocycles. The third kappa shape index (κ3) is 6.86. The van der Waals surface area contributed by atoms with Crippen molar-refractivity contribution in [1.29, 1.82) is 0 Å². The molecule has 1 heterocycles. The molecule has 3 N–H and O–H groups in total. The van der Waals surface area contributed by atoms with Gasteiger partial charge in [0.1, 0.15) is 23.4 Å². The molecule has 4 atom stereocenters. The Balaban J connectivity index is 1.77. The number of likely N-dealkylation sites (N-methyl/N-ethyl adjacent to an activating group) is 1. The van der Waals surface area contributed by atoms with Gasteiger partial charge in [0.15, 0.2) is 11.6 Å². The molecular weight excluding hydrogens is 539 g/mol. The number of Topliss-reactive ketones (excluding diaryl/α,β-unsaturated/α-hetero) is 2. The number of phenolic OH excluding ortho intramolecular Hbond substituents is 2. The van der Waals surface area contributed by atoms with Crippen LogP contribution in [-0.2, 0) is 4.79 Å². The fraction of sp³-hybridized carbons (Fsp3) is 0.364. The van der Waals surface area contributed by atoms with Crippen molar-refractivity contribution in [3.05, 3.63) is 94.8 Å². The van der Waals surface area contributed by atoms with Crippen molar-refractivity contribution in [1.82, 2.24) is 9.80 Å². The molecule has 42 heavy (non-hydrogen) atoms. The normalized spacial score (nSPS) is 19.9. The minimum absolute atomic E-state index is 0.0669. The van der Waals surface area contributed by atoms with Crippen LogP contribution in [0, 0.1) is 24.6 Å². The predicted octanol–water partition coefficient (Wildman–Crippen LogP) is 4.74. The lowest BCUT2D eigenvalue weighted by Crippen LogP contribution is -2.51. The van der Waals surface area contributed by atoms with Crippen LogP contribution in [0.2, 0.25) is 0 Å². The summed E-state index contributed by atoms with van der Waals surface area (Å²) in [5.41, 5.74) is 1.48. The number of hydrogen-bond donors (Lipinski definition) is 3. The van der Waals surface area contributed by atoms with Crippen molar-refractivity contribution in [2.75, 3.05) is 33.7 Å². The van der Waals surface area contributed by atoms with Crippen LogP contribution in [0.3, 0.4) is 0 Å². The molecule has 0 aliphatic carbocycles. The summed E-state index contributed by atoms with van der Waals surface area (Å²) in [6.07, 6.45) is 0.889. The van der Waals surface area contributed by atoms with Gasteiger partial charge in [-0.05, 0) is 81.9 Å². The minimum atomic E-state index is -0.922. The molecule has 0 saturated carbocycles. The zero-order valence-electron chi connectivity index (χ0n) is 24.0. The Bertz CT molecular complexity index is 1390. The van der Waals surface area contributed by atoms with Crippen LogP contribution in [0.4, 0.5) is 4.39 Å². The lowest BCUT2D eigenvalue weighted by atomic mass is 9.67. The van der Waals surface area contributed by atoms with Gasteiger partial charge in [-0.1, -0.05) is 36.4 Å². The smallest absolute Gasteiger partial charge is 0.320 e. The number of aliphatic carboxylic acids is 1. The first kappa shape index (κ1) is 30.9. The van der Waals surface area contributed by atoms with E-state index in [1.54, 1.807) is 62.3 Å². The molecule has 0 unspecified atom stereocenters. The van der Waals surface area contributed by atoms with Gasteiger partial charge in [0.05, 0.1) is 0 Å². The van der Waals surface area contributed by atoms with E-state index in [2.05, 4.69) is 0 Å². The minimum Gasteiger partial charge on any atom is -0.508 e. The van der Waals surface area contributed by atoms with Gasteiger partial charge in [-0.2, -0.15) is 0 Å². The number of carboxylic acid groups (broad SMARTS) is 1. The van der Waals surface area contributed by atoms with Crippen LogP contribution < -0.4 is 0 Å². The topological polar surface area (TPSA) is 118 Å². The number of phenols is 2. The number of likely N-dealkylation sites (tertiary alicyclic amines) is 1. The summed E-state index contributed by atoms with van der Waals surface area (Å²) in [6, 6.07) is 16.1. The Morgan fingerprint density at radius 2 is 1.43 bits per heavy atom. The second-order valence-electron chi connectivity index (χ2n) is 11.2. The van der Waals surface area contributed by atoms with Gasteiger partial charge < -0.3 is 20.2 Å². The SMILES string of the molecule is Cc1c(F)cccc1[C@@H]1[C@@H](C(=O)c2cccc(O)c2)CN(CCC[C@@H](C(=O)O)N(C)C)C[C@H]1C(=O)c1cccc(O)c1. The van der Waals surface area contributed by atoms with E-state index in [9.17, 15) is 34.1 Å². The van der Waals surface area contributed by atoms with E-state index in [1.807, 2.05) is 4.90 Å². The van der Waals surface area contributed by atoms with Crippen molar-refractivity contribution in [3.8, 4) is 11.5 Å². The quantitative estimate of drug-likeness (QED) is 0.280. The van der Waals surface area contributed by atoms with Crippen LogP contribution in [0.25, 0.3) is 0 Å². The average molecular weight is 577 g/mol. The standard InChI is InChI=1S/C33H37FN2O6/c1-20-25(12-6-13-28(20)34)30-26(31(39)21-8-4-10-23(37)16-21)18-36(15-7-14-29(33(41)42)35(2)3)19-27(30)32(40)22-9-5-11-24(38)17-22/h4-6,8-13,16-17,26-27,29-30,37-38H,7,14-15,18-19H2,1-3H3,(H,41,42)/t26-,27+,29-,30+/m0/s1. The zero-order chi connectivity index (χ0) is 30.6. The number of carboxylic acids is 1. The second kappa shape index (κ2) is 13.3. The largest absolute Gasteiger partial charge is 0.508 e. The average Bonchev–Trinajstić information content (AvgIpc) is 2.95. The van der Waals surface area contributed by atoms with E-state index in [-0.39, 0.29) is 47.3 Å². The number of ketones is 2. The van der Waals surface area contributed by atoms with Crippen LogP contribution in [0.5, 0.6) is 11.5 Å². The highest BCUT2D eigenvalue weighted by molar-refractivity contribution is 6.02. The van der Waals surface area contributed by atoms with Crippen molar-refractivity contribution >= 4 is 17.5 Å². The van der Waals surface area contributed by atoms with E-state index in [0.29, 0.717) is 30.5 Å². The second-order valence-corrected chi connectivity index (χ2v) is 11.2. The molecule has 0 radical (unpaired) electrons. The lowest BCUT2D eigenvalue weighted by molar-refractivity contribution is -0.142. The maximum Gasteiger partial charge on any atom is 0.320 e. The number of carbonyl (C=O) groups is 3. The summed E-state index contributed by atoms with van der Waals surface area (Å²) >= 11 is 0. The summed E-state index contributed by atoms with van der Waals surface area (Å²) in [5.74, 6) is -4.28. The summed E-state index contributed by atoms with van der Waals surface area (Å²) in [5, 5.41) is 29.8. The molecule has 0 aromatic heterocycles. The van der Waals surface area contributed by atoms with Crippen LogP contribution in [0.1, 0.15) is 50.6 Å². The number of rotatable bonds is 11. The Morgan fingerprint density at radius 1 is 0.905 bits per heavy atom. The first-order valence-corrected chi connectivity index (χ1v) is 14.0. The van der Waals surface area contributed by atoms with Gasteiger partial charge in [-0.3, -0.25) is 19.3 Å². The first-order valence-electron chi connectivity index (χ1n) is 14.0. The van der Waals surface area contributed by atoms with Gasteiger partial charge in [0.25, 0.3) is 0 Å². The summed E-state index contributed by atoms with van der Waals surface area (Å²) in [6.45, 7) is 2.60. The summed E-state index contributed by atoms with van der Waals surface area (Å²) in [4.78, 5) is 43.6. The van der Waals surface area contributed by atoms with Gasteiger partial charge in [-0.25, -0.2) is 4.39 Å². The fourth-order valence-electron chi connectivity index (χ4n) is 6.09. The molecule has 0 bridgehead atoms. The highest BCUT2D eigenvalue weighted by atomic mass is 19.1. The third-order valence-electron chi connectivity index (χ3n) is 8.24.